The van der Waals surface area contributed by atoms with E-state index in [2.05, 4.69) is 0 Å². The third-order valence-electron chi connectivity index (χ3n) is 2.59. The van der Waals surface area contributed by atoms with E-state index in [-0.39, 0.29) is 0 Å². The van der Waals surface area contributed by atoms with Crippen molar-refractivity contribution in [3.63, 3.8) is 0 Å². The minimum Gasteiger partial charge on any atom is -0.265 e. The molecule has 0 heterocycles. The Balaban J connectivity index is 1.95. The fourth-order valence-corrected chi connectivity index (χ4v) is 1.74. The largest absolute Gasteiger partial charge is 0.340 e. The second-order valence-corrected chi connectivity index (χ2v) is 4.36. The standard InChI is InChI=1S/C15H14ClNO2/c16-15(18)17(11-13-7-3-1-4-8-13)19-12-14-9-5-2-6-10-14/h1-10H,11-12H2. The Labute approximate surface area is 117 Å². The summed E-state index contributed by atoms with van der Waals surface area (Å²) >= 11 is 5.52. The number of amides is 1. The van der Waals surface area contributed by atoms with Crippen molar-refractivity contribution >= 4 is 17.0 Å². The van der Waals surface area contributed by atoms with Crippen molar-refractivity contribution in [3.05, 3.63) is 71.8 Å². The molecule has 98 valence electrons. The van der Waals surface area contributed by atoms with E-state index in [9.17, 15) is 4.79 Å². The molecule has 0 aromatic heterocycles. The second kappa shape index (κ2) is 6.92. The van der Waals surface area contributed by atoms with Crippen LogP contribution in [0.25, 0.3) is 0 Å². The summed E-state index contributed by atoms with van der Waals surface area (Å²) in [5.41, 5.74) is 1.95. The van der Waals surface area contributed by atoms with E-state index < -0.39 is 5.37 Å². The van der Waals surface area contributed by atoms with Crippen LogP contribution in [-0.4, -0.2) is 10.4 Å². The number of hydrogen-bond donors (Lipinski definition) is 0. The Hall–Kier alpha value is -1.84. The zero-order chi connectivity index (χ0) is 13.5. The molecule has 0 aliphatic carbocycles. The van der Waals surface area contributed by atoms with Gasteiger partial charge in [0.2, 0.25) is 0 Å². The van der Waals surface area contributed by atoms with E-state index >= 15 is 0 Å². The monoisotopic (exact) mass is 275 g/mol. The highest BCUT2D eigenvalue weighted by Gasteiger charge is 2.12. The van der Waals surface area contributed by atoms with Crippen LogP contribution in [0.15, 0.2) is 60.7 Å². The summed E-state index contributed by atoms with van der Waals surface area (Å²) in [5, 5.41) is 0.531. The van der Waals surface area contributed by atoms with Gasteiger partial charge in [-0.3, -0.25) is 9.63 Å². The van der Waals surface area contributed by atoms with E-state index in [4.69, 9.17) is 16.4 Å². The van der Waals surface area contributed by atoms with Gasteiger partial charge in [-0.15, -0.1) is 0 Å². The van der Waals surface area contributed by atoms with Crippen LogP contribution in [-0.2, 0) is 18.0 Å². The van der Waals surface area contributed by atoms with Gasteiger partial charge in [-0.25, -0.2) is 5.06 Å². The summed E-state index contributed by atoms with van der Waals surface area (Å²) in [5.74, 6) is 0. The molecular formula is C15H14ClNO2. The van der Waals surface area contributed by atoms with Gasteiger partial charge in [0.05, 0.1) is 6.54 Å². The van der Waals surface area contributed by atoms with Gasteiger partial charge in [-0.05, 0) is 22.7 Å². The molecule has 0 bridgehead atoms. The van der Waals surface area contributed by atoms with Crippen molar-refractivity contribution in [1.82, 2.24) is 5.06 Å². The van der Waals surface area contributed by atoms with Crippen LogP contribution in [0.2, 0.25) is 0 Å². The van der Waals surface area contributed by atoms with E-state index in [1.165, 1.54) is 0 Å². The molecule has 0 unspecified atom stereocenters. The minimum atomic E-state index is -0.625. The van der Waals surface area contributed by atoms with Crippen LogP contribution < -0.4 is 0 Å². The molecule has 19 heavy (non-hydrogen) atoms. The summed E-state index contributed by atoms with van der Waals surface area (Å²) in [7, 11) is 0. The molecule has 0 aliphatic rings. The van der Waals surface area contributed by atoms with E-state index in [0.717, 1.165) is 16.2 Å². The number of carbonyl (C=O) groups is 1. The molecule has 2 rings (SSSR count). The zero-order valence-corrected chi connectivity index (χ0v) is 11.1. The third kappa shape index (κ3) is 4.39. The van der Waals surface area contributed by atoms with Crippen molar-refractivity contribution in [1.29, 1.82) is 0 Å². The molecule has 0 radical (unpaired) electrons. The first-order valence-corrected chi connectivity index (χ1v) is 6.31. The van der Waals surface area contributed by atoms with Crippen molar-refractivity contribution in [2.24, 2.45) is 0 Å². The lowest BCUT2D eigenvalue weighted by atomic mass is 10.2. The molecule has 0 N–H and O–H groups in total. The summed E-state index contributed by atoms with van der Waals surface area (Å²) in [4.78, 5) is 16.8. The van der Waals surface area contributed by atoms with Gasteiger partial charge in [0, 0.05) is 0 Å². The maximum atomic E-state index is 11.3. The van der Waals surface area contributed by atoms with Crippen molar-refractivity contribution < 1.29 is 9.63 Å². The molecule has 2 aromatic carbocycles. The second-order valence-electron chi connectivity index (χ2n) is 4.03. The van der Waals surface area contributed by atoms with Crippen LogP contribution in [0.4, 0.5) is 4.79 Å². The maximum absolute atomic E-state index is 11.3. The predicted molar refractivity (Wildman–Crippen MR) is 74.5 cm³/mol. The highest BCUT2D eigenvalue weighted by atomic mass is 35.5. The lowest BCUT2D eigenvalue weighted by Crippen LogP contribution is -2.25. The van der Waals surface area contributed by atoms with Crippen LogP contribution in [0.5, 0.6) is 0 Å². The minimum absolute atomic E-state index is 0.312. The van der Waals surface area contributed by atoms with Gasteiger partial charge in [0.15, 0.2) is 0 Å². The Morgan fingerprint density at radius 2 is 1.47 bits per heavy atom. The summed E-state index contributed by atoms with van der Waals surface area (Å²) in [6, 6.07) is 19.2. The quantitative estimate of drug-likeness (QED) is 0.469. The highest BCUT2D eigenvalue weighted by Crippen LogP contribution is 2.10. The number of halogens is 1. The Bertz CT molecular complexity index is 516. The highest BCUT2D eigenvalue weighted by molar-refractivity contribution is 6.62. The van der Waals surface area contributed by atoms with Crippen LogP contribution in [0.1, 0.15) is 11.1 Å². The molecule has 0 saturated carbocycles. The summed E-state index contributed by atoms with van der Waals surface area (Å²) in [6.45, 7) is 0.641. The number of rotatable bonds is 5. The van der Waals surface area contributed by atoms with Gasteiger partial charge in [-0.1, -0.05) is 60.7 Å². The lowest BCUT2D eigenvalue weighted by molar-refractivity contribution is -0.127. The van der Waals surface area contributed by atoms with Crippen LogP contribution in [0, 0.1) is 0 Å². The van der Waals surface area contributed by atoms with Gasteiger partial charge in [-0.2, -0.15) is 0 Å². The van der Waals surface area contributed by atoms with Crippen molar-refractivity contribution in [3.8, 4) is 0 Å². The molecule has 0 aliphatic heterocycles. The fourth-order valence-electron chi connectivity index (χ4n) is 1.63. The number of benzene rings is 2. The maximum Gasteiger partial charge on any atom is 0.340 e. The first-order chi connectivity index (χ1) is 9.25. The Kier molecular flexibility index (Phi) is 4.95. The smallest absolute Gasteiger partial charge is 0.265 e. The third-order valence-corrected chi connectivity index (χ3v) is 2.78. The first-order valence-electron chi connectivity index (χ1n) is 5.93. The normalized spacial score (nSPS) is 10.2. The van der Waals surface area contributed by atoms with Crippen LogP contribution in [0.3, 0.4) is 0 Å². The molecular weight excluding hydrogens is 262 g/mol. The van der Waals surface area contributed by atoms with Gasteiger partial charge >= 0.3 is 5.37 Å². The number of hydrogen-bond acceptors (Lipinski definition) is 2. The number of hydroxylamine groups is 2. The molecule has 3 nitrogen and oxygen atoms in total. The molecule has 0 atom stereocenters. The first kappa shape index (κ1) is 13.6. The SMILES string of the molecule is O=C(Cl)N(Cc1ccccc1)OCc1ccccc1. The molecule has 0 fully saturated rings. The Morgan fingerprint density at radius 1 is 0.947 bits per heavy atom. The van der Waals surface area contributed by atoms with Crippen molar-refractivity contribution in [2.45, 2.75) is 13.2 Å². The summed E-state index contributed by atoms with van der Waals surface area (Å²) in [6.07, 6.45) is 0. The van der Waals surface area contributed by atoms with Crippen LogP contribution >= 0.6 is 11.6 Å². The predicted octanol–water partition coefficient (Wildman–Crippen LogP) is 3.98. The molecule has 4 heteroatoms. The van der Waals surface area contributed by atoms with Gasteiger partial charge in [0.25, 0.3) is 0 Å². The zero-order valence-electron chi connectivity index (χ0n) is 10.3. The molecule has 2 aromatic rings. The van der Waals surface area contributed by atoms with Gasteiger partial charge in [0.1, 0.15) is 6.61 Å². The van der Waals surface area contributed by atoms with E-state index in [0.29, 0.717) is 13.2 Å². The average molecular weight is 276 g/mol. The van der Waals surface area contributed by atoms with Gasteiger partial charge < -0.3 is 0 Å². The molecule has 0 spiro atoms. The topological polar surface area (TPSA) is 29.5 Å². The van der Waals surface area contributed by atoms with E-state index in [1.54, 1.807) is 0 Å². The number of carbonyl (C=O) groups excluding carboxylic acids is 1. The number of nitrogens with zero attached hydrogens (tertiary/aromatic N) is 1. The van der Waals surface area contributed by atoms with E-state index in [1.807, 2.05) is 60.7 Å². The van der Waals surface area contributed by atoms with Crippen molar-refractivity contribution in [2.75, 3.05) is 0 Å². The molecule has 0 saturated heterocycles. The fraction of sp³-hybridized carbons (Fsp3) is 0.133. The Morgan fingerprint density at radius 3 is 2.00 bits per heavy atom. The summed E-state index contributed by atoms with van der Waals surface area (Å²) < 4.78 is 0. The lowest BCUT2D eigenvalue weighted by Gasteiger charge is -2.19. The average Bonchev–Trinajstić information content (AvgIpc) is 2.45. The molecule has 1 amide bonds.